The lowest BCUT2D eigenvalue weighted by Crippen LogP contribution is -2.49. The minimum Gasteiger partial charge on any atom is -0.476 e. The third kappa shape index (κ3) is 4.73. The van der Waals surface area contributed by atoms with Crippen LogP contribution in [0.1, 0.15) is 46.0 Å². The Balaban J connectivity index is 1.88. The van der Waals surface area contributed by atoms with E-state index in [1.165, 1.54) is 25.1 Å². The largest absolute Gasteiger partial charge is 0.476 e. The maximum Gasteiger partial charge on any atom is 0.416 e. The molecule has 0 bridgehead atoms. The quantitative estimate of drug-likeness (QED) is 0.450. The number of carbonyl (C=O) groups excluding carboxylic acids is 1. The second-order valence-electron chi connectivity index (χ2n) is 7.94. The Hall–Kier alpha value is -5.10. The minimum atomic E-state index is -4.66. The van der Waals surface area contributed by atoms with E-state index in [-0.39, 0.29) is 23.0 Å². The van der Waals surface area contributed by atoms with Crippen molar-refractivity contribution in [3.05, 3.63) is 106 Å². The van der Waals surface area contributed by atoms with E-state index in [0.717, 1.165) is 34.3 Å². The second-order valence-corrected chi connectivity index (χ2v) is 7.94. The summed E-state index contributed by atoms with van der Waals surface area (Å²) in [6, 6.07) is 10.4. The van der Waals surface area contributed by atoms with E-state index in [9.17, 15) is 22.8 Å². The van der Waals surface area contributed by atoms with Gasteiger partial charge in [0.05, 0.1) is 36.4 Å². The number of allylic oxidation sites excluding steroid dienone is 1. The molecule has 37 heavy (non-hydrogen) atoms. The fraction of sp³-hybridized carbons (Fsp3) is 0.160. The van der Waals surface area contributed by atoms with Crippen LogP contribution >= 0.6 is 0 Å². The fourth-order valence-electron chi connectivity index (χ4n) is 3.97. The van der Waals surface area contributed by atoms with Gasteiger partial charge in [-0.1, -0.05) is 18.2 Å². The van der Waals surface area contributed by atoms with Crippen molar-refractivity contribution in [3.8, 4) is 6.07 Å². The molecule has 1 atom stereocenters. The minimum absolute atomic E-state index is 0.0340. The average molecular weight is 507 g/mol. The number of alkyl halides is 3. The van der Waals surface area contributed by atoms with Gasteiger partial charge in [0, 0.05) is 11.4 Å². The van der Waals surface area contributed by atoms with Crippen LogP contribution in [0.3, 0.4) is 0 Å². The maximum absolute atomic E-state index is 13.8. The van der Waals surface area contributed by atoms with Crippen molar-refractivity contribution in [2.24, 2.45) is 0 Å². The number of amides is 2. The first-order valence-corrected chi connectivity index (χ1v) is 10.6. The molecule has 1 aliphatic heterocycles. The molecular formula is C25H16F3N5O4. The van der Waals surface area contributed by atoms with Crippen LogP contribution in [0.2, 0.25) is 0 Å². The predicted molar refractivity (Wildman–Crippen MR) is 122 cm³/mol. The lowest BCUT2D eigenvalue weighted by molar-refractivity contribution is -0.137. The second kappa shape index (κ2) is 9.51. The van der Waals surface area contributed by atoms with Crippen molar-refractivity contribution in [1.82, 2.24) is 9.88 Å². The molecule has 3 aromatic rings. The Labute approximate surface area is 208 Å². The van der Waals surface area contributed by atoms with E-state index in [1.807, 2.05) is 6.07 Å². The number of nitrogens with zero attached hydrogens (tertiary/aromatic N) is 5. The summed E-state index contributed by atoms with van der Waals surface area (Å²) in [7, 11) is 0. The first-order chi connectivity index (χ1) is 17.5. The zero-order chi connectivity index (χ0) is 26.9. The maximum atomic E-state index is 13.8. The van der Waals surface area contributed by atoms with Crippen LogP contribution in [-0.2, 0) is 12.7 Å². The number of nitriles is 1. The standard InChI is InChI=1S/C25H16F3N5O4/c1-14-21(30-2)22(16-8-6-15(11-29)7-9-16)32(12-20-31-19(13-37-20)23(34)35)24(36)33(14)18-5-3-4-17(10-18)25(26,27)28/h3-10,13,22H,12H2,1H3,(H,34,35). The third-order valence-electron chi connectivity index (χ3n) is 5.70. The molecule has 0 spiro atoms. The lowest BCUT2D eigenvalue weighted by atomic mass is 9.97. The highest BCUT2D eigenvalue weighted by Crippen LogP contribution is 2.41. The molecule has 0 aliphatic carbocycles. The summed E-state index contributed by atoms with van der Waals surface area (Å²) < 4.78 is 45.4. The molecule has 0 radical (unpaired) electrons. The summed E-state index contributed by atoms with van der Waals surface area (Å²) in [6.45, 7) is 8.89. The lowest BCUT2D eigenvalue weighted by Gasteiger charge is -2.41. The molecule has 0 saturated carbocycles. The fourth-order valence-corrected chi connectivity index (χ4v) is 3.97. The Kier molecular flexibility index (Phi) is 6.43. The Morgan fingerprint density at radius 3 is 2.54 bits per heavy atom. The normalized spacial score (nSPS) is 15.9. The number of halogens is 3. The van der Waals surface area contributed by atoms with Gasteiger partial charge in [0.15, 0.2) is 5.69 Å². The SMILES string of the molecule is [C-]#[N+]C1=C(C)N(c2cccc(C(F)(F)F)c2)C(=O)N(Cc2nc(C(=O)O)co2)C1c1ccc(C#N)cc1. The number of aromatic carboxylic acids is 1. The molecule has 186 valence electrons. The number of aromatic nitrogens is 1. The van der Waals surface area contributed by atoms with Crippen molar-refractivity contribution in [1.29, 1.82) is 5.26 Å². The molecular weight excluding hydrogens is 491 g/mol. The Morgan fingerprint density at radius 2 is 1.97 bits per heavy atom. The van der Waals surface area contributed by atoms with Crippen LogP contribution in [0, 0.1) is 17.9 Å². The van der Waals surface area contributed by atoms with Gasteiger partial charge >= 0.3 is 18.2 Å². The van der Waals surface area contributed by atoms with Crippen LogP contribution < -0.4 is 4.90 Å². The van der Waals surface area contributed by atoms with E-state index in [1.54, 1.807) is 12.1 Å². The number of carboxylic acids is 1. The van der Waals surface area contributed by atoms with Gasteiger partial charge in [-0.05, 0) is 42.8 Å². The predicted octanol–water partition coefficient (Wildman–Crippen LogP) is 5.60. The van der Waals surface area contributed by atoms with E-state index < -0.39 is 42.0 Å². The van der Waals surface area contributed by atoms with Crippen LogP contribution in [0.25, 0.3) is 4.85 Å². The van der Waals surface area contributed by atoms with Crippen LogP contribution in [-0.4, -0.2) is 27.0 Å². The first-order valence-electron chi connectivity index (χ1n) is 10.6. The highest BCUT2D eigenvalue weighted by molar-refractivity contribution is 5.97. The molecule has 1 aromatic heterocycles. The molecule has 9 nitrogen and oxygen atoms in total. The monoisotopic (exact) mass is 507 g/mol. The summed E-state index contributed by atoms with van der Waals surface area (Å²) in [6.07, 6.45) is -3.77. The molecule has 2 heterocycles. The number of urea groups is 1. The zero-order valence-corrected chi connectivity index (χ0v) is 19.0. The van der Waals surface area contributed by atoms with Gasteiger partial charge in [-0.3, -0.25) is 4.90 Å². The van der Waals surface area contributed by atoms with Gasteiger partial charge in [-0.25, -0.2) is 19.4 Å². The molecule has 0 fully saturated rings. The molecule has 2 aromatic carbocycles. The van der Waals surface area contributed by atoms with E-state index in [2.05, 4.69) is 9.83 Å². The molecule has 1 N–H and O–H groups in total. The van der Waals surface area contributed by atoms with Gasteiger partial charge in [-0.2, -0.15) is 18.4 Å². The number of anilines is 1. The molecule has 1 aliphatic rings. The first kappa shape index (κ1) is 25.0. The smallest absolute Gasteiger partial charge is 0.416 e. The topological polar surface area (TPSA) is 115 Å². The Bertz CT molecular complexity index is 1500. The number of hydrogen-bond acceptors (Lipinski definition) is 5. The Morgan fingerprint density at radius 1 is 1.27 bits per heavy atom. The van der Waals surface area contributed by atoms with Crippen LogP contribution in [0.15, 0.2) is 70.6 Å². The number of carboxylic acid groups (broad SMARTS) is 1. The van der Waals surface area contributed by atoms with Crippen molar-refractivity contribution in [2.75, 3.05) is 4.90 Å². The summed E-state index contributed by atoms with van der Waals surface area (Å²) in [4.78, 5) is 34.6. The van der Waals surface area contributed by atoms with Gasteiger partial charge in [-0.15, -0.1) is 0 Å². The third-order valence-corrected chi connectivity index (χ3v) is 5.70. The van der Waals surface area contributed by atoms with Crippen molar-refractivity contribution >= 4 is 17.7 Å². The van der Waals surface area contributed by atoms with E-state index in [4.69, 9.17) is 21.4 Å². The van der Waals surface area contributed by atoms with Gasteiger partial charge in [0.25, 0.3) is 0 Å². The summed E-state index contributed by atoms with van der Waals surface area (Å²) in [5.41, 5.74) is -0.551. The number of hydrogen-bond donors (Lipinski definition) is 1. The van der Waals surface area contributed by atoms with Gasteiger partial charge in [0.2, 0.25) is 11.6 Å². The van der Waals surface area contributed by atoms with Gasteiger partial charge < -0.3 is 14.4 Å². The van der Waals surface area contributed by atoms with Crippen molar-refractivity contribution in [3.63, 3.8) is 0 Å². The summed E-state index contributed by atoms with van der Waals surface area (Å²) in [5, 5.41) is 18.3. The van der Waals surface area contributed by atoms with E-state index >= 15 is 0 Å². The summed E-state index contributed by atoms with van der Waals surface area (Å²) in [5.74, 6) is -1.51. The number of benzene rings is 2. The molecule has 2 amide bonds. The number of rotatable bonds is 5. The average Bonchev–Trinajstić information content (AvgIpc) is 3.34. The van der Waals surface area contributed by atoms with E-state index in [0.29, 0.717) is 11.1 Å². The van der Waals surface area contributed by atoms with Crippen LogP contribution in [0.5, 0.6) is 0 Å². The molecule has 1 unspecified atom stereocenters. The molecule has 4 rings (SSSR count). The zero-order valence-electron chi connectivity index (χ0n) is 19.0. The van der Waals surface area contributed by atoms with Crippen molar-refractivity contribution in [2.45, 2.75) is 25.7 Å². The van der Waals surface area contributed by atoms with Crippen LogP contribution in [0.4, 0.5) is 23.7 Å². The van der Waals surface area contributed by atoms with Crippen molar-refractivity contribution < 1.29 is 32.3 Å². The highest BCUT2D eigenvalue weighted by Gasteiger charge is 2.41. The van der Waals surface area contributed by atoms with Gasteiger partial charge in [0.1, 0.15) is 6.26 Å². The molecule has 12 heteroatoms. The highest BCUT2D eigenvalue weighted by atomic mass is 19.4. The summed E-state index contributed by atoms with van der Waals surface area (Å²) >= 11 is 0. The molecule has 0 saturated heterocycles. The number of oxazole rings is 1. The number of carbonyl (C=O) groups is 2.